The smallest absolute Gasteiger partial charge is 0.418 e. The van der Waals surface area contributed by atoms with Crippen molar-refractivity contribution in [2.75, 3.05) is 12.8 Å². The van der Waals surface area contributed by atoms with Crippen LogP contribution in [0.1, 0.15) is 5.56 Å². The van der Waals surface area contributed by atoms with E-state index in [0.29, 0.717) is 11.8 Å². The average molecular weight is 331 g/mol. The number of alkyl halides is 3. The first kappa shape index (κ1) is 16.2. The minimum absolute atomic E-state index is 0.0625. The lowest BCUT2D eigenvalue weighted by molar-refractivity contribution is -0.136. The minimum Gasteiger partial charge on any atom is -0.497 e. The van der Waals surface area contributed by atoms with Gasteiger partial charge in [0.2, 0.25) is 9.84 Å². The Bertz CT molecular complexity index is 784. The quantitative estimate of drug-likeness (QED) is 0.877. The van der Waals surface area contributed by atoms with Gasteiger partial charge in [0.1, 0.15) is 5.75 Å². The molecule has 0 aliphatic carbocycles. The molecule has 0 radical (unpaired) electrons. The van der Waals surface area contributed by atoms with Gasteiger partial charge >= 0.3 is 6.18 Å². The summed E-state index contributed by atoms with van der Waals surface area (Å²) in [6.07, 6.45) is -4.63. The molecule has 0 aromatic heterocycles. The molecule has 2 aromatic rings. The van der Waals surface area contributed by atoms with Gasteiger partial charge in [-0.2, -0.15) is 13.2 Å². The summed E-state index contributed by atoms with van der Waals surface area (Å²) < 4.78 is 67.6. The molecule has 0 unspecified atom stereocenters. The lowest BCUT2D eigenvalue weighted by Gasteiger charge is -2.12. The van der Waals surface area contributed by atoms with Crippen LogP contribution in [0.15, 0.2) is 52.3 Å². The molecule has 22 heavy (non-hydrogen) atoms. The highest BCUT2D eigenvalue weighted by molar-refractivity contribution is 7.91. The van der Waals surface area contributed by atoms with Crippen LogP contribution in [-0.2, 0) is 16.0 Å². The van der Waals surface area contributed by atoms with Crippen LogP contribution in [0.3, 0.4) is 0 Å². The molecular formula is C14H12F3NO3S. The molecule has 0 heterocycles. The number of methoxy groups -OCH3 is 1. The standard InChI is InChI=1S/C14H12F3NO3S/c1-21-9-2-4-10(5-3-9)22(19,20)11-6-7-12(13(18)8-11)14(15,16)17/h2-8H,18H2,1H3. The van der Waals surface area contributed by atoms with Crippen molar-refractivity contribution in [2.24, 2.45) is 0 Å². The highest BCUT2D eigenvalue weighted by atomic mass is 32.2. The van der Waals surface area contributed by atoms with E-state index in [-0.39, 0.29) is 9.79 Å². The number of rotatable bonds is 3. The molecule has 0 fully saturated rings. The molecule has 2 N–H and O–H groups in total. The molecule has 118 valence electrons. The number of anilines is 1. The van der Waals surface area contributed by atoms with Crippen LogP contribution in [0.2, 0.25) is 0 Å². The van der Waals surface area contributed by atoms with E-state index >= 15 is 0 Å². The van der Waals surface area contributed by atoms with Gasteiger partial charge in [-0.15, -0.1) is 0 Å². The predicted molar refractivity (Wildman–Crippen MR) is 74.3 cm³/mol. The van der Waals surface area contributed by atoms with Crippen LogP contribution in [0.4, 0.5) is 18.9 Å². The van der Waals surface area contributed by atoms with Gasteiger partial charge < -0.3 is 10.5 Å². The molecular weight excluding hydrogens is 319 g/mol. The summed E-state index contributed by atoms with van der Waals surface area (Å²) in [5.41, 5.74) is 3.62. The number of benzene rings is 2. The molecule has 8 heteroatoms. The van der Waals surface area contributed by atoms with E-state index in [1.807, 2.05) is 0 Å². The Hall–Kier alpha value is -2.22. The van der Waals surface area contributed by atoms with E-state index in [1.165, 1.54) is 31.4 Å². The number of ether oxygens (including phenoxy) is 1. The zero-order valence-electron chi connectivity index (χ0n) is 11.4. The number of hydrogen-bond donors (Lipinski definition) is 1. The number of nitrogen functional groups attached to an aromatic ring is 1. The van der Waals surface area contributed by atoms with Crippen molar-refractivity contribution in [3.05, 3.63) is 48.0 Å². The lowest BCUT2D eigenvalue weighted by atomic mass is 10.2. The second-order valence-corrected chi connectivity index (χ2v) is 6.38. The topological polar surface area (TPSA) is 69.4 Å². The van der Waals surface area contributed by atoms with Gasteiger partial charge in [0.15, 0.2) is 0 Å². The van der Waals surface area contributed by atoms with Crippen molar-refractivity contribution in [1.29, 1.82) is 0 Å². The third-order valence-electron chi connectivity index (χ3n) is 3.01. The van der Waals surface area contributed by atoms with Crippen molar-refractivity contribution in [3.63, 3.8) is 0 Å². The summed E-state index contributed by atoms with van der Waals surface area (Å²) in [5.74, 6) is 0.464. The zero-order valence-corrected chi connectivity index (χ0v) is 12.2. The van der Waals surface area contributed by atoms with E-state index in [1.54, 1.807) is 0 Å². The van der Waals surface area contributed by atoms with Crippen LogP contribution in [0.25, 0.3) is 0 Å². The number of halogens is 3. The first-order chi connectivity index (χ1) is 10.2. The molecule has 0 saturated heterocycles. The van der Waals surface area contributed by atoms with Gasteiger partial charge in [0, 0.05) is 5.69 Å². The third kappa shape index (κ3) is 3.01. The molecule has 0 spiro atoms. The van der Waals surface area contributed by atoms with Gasteiger partial charge in [-0.3, -0.25) is 0 Å². The molecule has 0 bridgehead atoms. The van der Waals surface area contributed by atoms with Crippen molar-refractivity contribution < 1.29 is 26.3 Å². The van der Waals surface area contributed by atoms with Crippen molar-refractivity contribution >= 4 is 15.5 Å². The Kier molecular flexibility index (Phi) is 4.06. The van der Waals surface area contributed by atoms with Crippen LogP contribution in [0, 0.1) is 0 Å². The normalized spacial score (nSPS) is 12.2. The Morgan fingerprint density at radius 1 is 1.00 bits per heavy atom. The molecule has 0 aliphatic heterocycles. The summed E-state index contributed by atoms with van der Waals surface area (Å²) in [6.45, 7) is 0. The summed E-state index contributed by atoms with van der Waals surface area (Å²) in [6, 6.07) is 7.86. The molecule has 2 aromatic carbocycles. The number of hydrogen-bond acceptors (Lipinski definition) is 4. The van der Waals surface area contributed by atoms with Gasteiger partial charge in [-0.25, -0.2) is 8.42 Å². The van der Waals surface area contributed by atoms with Gasteiger partial charge in [-0.05, 0) is 42.5 Å². The van der Waals surface area contributed by atoms with Gasteiger partial charge in [-0.1, -0.05) is 0 Å². The molecule has 2 rings (SSSR count). The summed E-state index contributed by atoms with van der Waals surface area (Å²) in [7, 11) is -2.52. The van der Waals surface area contributed by atoms with Crippen LogP contribution >= 0.6 is 0 Å². The Labute approximate surface area is 125 Å². The van der Waals surface area contributed by atoms with Crippen molar-refractivity contribution in [3.8, 4) is 5.75 Å². The fourth-order valence-corrected chi connectivity index (χ4v) is 3.15. The third-order valence-corrected chi connectivity index (χ3v) is 4.78. The average Bonchev–Trinajstić information content (AvgIpc) is 2.46. The summed E-state index contributed by atoms with van der Waals surface area (Å²) in [5, 5.41) is 0. The van der Waals surface area contributed by atoms with E-state index in [9.17, 15) is 21.6 Å². The largest absolute Gasteiger partial charge is 0.497 e. The SMILES string of the molecule is COc1ccc(S(=O)(=O)c2ccc(C(F)(F)F)c(N)c2)cc1. The lowest BCUT2D eigenvalue weighted by Crippen LogP contribution is -2.10. The monoisotopic (exact) mass is 331 g/mol. The van der Waals surface area contributed by atoms with Crippen molar-refractivity contribution in [1.82, 2.24) is 0 Å². The molecule has 0 aliphatic rings. The van der Waals surface area contributed by atoms with E-state index in [4.69, 9.17) is 10.5 Å². The van der Waals surface area contributed by atoms with Crippen LogP contribution in [-0.4, -0.2) is 15.5 Å². The summed E-state index contributed by atoms with van der Waals surface area (Å²) >= 11 is 0. The second-order valence-electron chi connectivity index (χ2n) is 4.43. The van der Waals surface area contributed by atoms with Crippen molar-refractivity contribution in [2.45, 2.75) is 16.0 Å². The number of sulfone groups is 1. The van der Waals surface area contributed by atoms with E-state index in [2.05, 4.69) is 0 Å². The Morgan fingerprint density at radius 2 is 1.55 bits per heavy atom. The Balaban J connectivity index is 2.47. The van der Waals surface area contributed by atoms with E-state index in [0.717, 1.165) is 12.1 Å². The first-order valence-electron chi connectivity index (χ1n) is 6.02. The van der Waals surface area contributed by atoms with Crippen LogP contribution < -0.4 is 10.5 Å². The zero-order chi connectivity index (χ0) is 16.5. The maximum absolute atomic E-state index is 12.6. The molecule has 0 atom stereocenters. The highest BCUT2D eigenvalue weighted by Gasteiger charge is 2.33. The van der Waals surface area contributed by atoms with Crippen LogP contribution in [0.5, 0.6) is 5.75 Å². The highest BCUT2D eigenvalue weighted by Crippen LogP contribution is 2.35. The van der Waals surface area contributed by atoms with Gasteiger partial charge in [0.25, 0.3) is 0 Å². The molecule has 4 nitrogen and oxygen atoms in total. The summed E-state index contributed by atoms with van der Waals surface area (Å²) in [4.78, 5) is -0.365. The number of nitrogens with two attached hydrogens (primary N) is 1. The maximum atomic E-state index is 12.6. The fourth-order valence-electron chi connectivity index (χ4n) is 1.86. The fraction of sp³-hybridized carbons (Fsp3) is 0.143. The second kappa shape index (κ2) is 5.53. The van der Waals surface area contributed by atoms with E-state index < -0.39 is 27.3 Å². The predicted octanol–water partition coefficient (Wildman–Crippen LogP) is 3.13. The minimum atomic E-state index is -4.63. The molecule has 0 saturated carbocycles. The first-order valence-corrected chi connectivity index (χ1v) is 7.50. The van der Waals surface area contributed by atoms with Gasteiger partial charge in [0.05, 0.1) is 22.5 Å². The maximum Gasteiger partial charge on any atom is 0.418 e. The Morgan fingerprint density at radius 3 is 2.00 bits per heavy atom. The molecule has 0 amide bonds.